The number of aromatic nitrogens is 3. The molecule has 0 radical (unpaired) electrons. The number of amidine groups is 1. The van der Waals surface area contributed by atoms with Crippen molar-refractivity contribution in [2.24, 2.45) is 44.8 Å². The number of hydrogen-bond acceptors (Lipinski definition) is 10. The molecule has 0 saturated heterocycles. The van der Waals surface area contributed by atoms with E-state index >= 15 is 0 Å². The first-order chi connectivity index (χ1) is 35.9. The third-order valence-corrected chi connectivity index (χ3v) is 11.3. The molecule has 5 atom stereocenters. The van der Waals surface area contributed by atoms with Gasteiger partial charge in [0.2, 0.25) is 0 Å². The van der Waals surface area contributed by atoms with Crippen LogP contribution in [0.5, 0.6) is 0 Å². The third kappa shape index (κ3) is 33.3. The fourth-order valence-corrected chi connectivity index (χ4v) is 7.23. The smallest absolute Gasteiger partial charge is 0.117 e. The summed E-state index contributed by atoms with van der Waals surface area (Å²) in [6.45, 7) is 47.5. The topological polar surface area (TPSA) is 233 Å². The summed E-state index contributed by atoms with van der Waals surface area (Å²) >= 11 is 0. The predicted molar refractivity (Wildman–Crippen MR) is 330 cm³/mol. The molecular weight excluding hydrogens is 929 g/mol. The third-order valence-electron chi connectivity index (χ3n) is 11.3. The summed E-state index contributed by atoms with van der Waals surface area (Å²) in [6.07, 6.45) is 18.5. The van der Waals surface area contributed by atoms with Crippen molar-refractivity contribution in [3.05, 3.63) is 189 Å². The van der Waals surface area contributed by atoms with Crippen LogP contribution < -0.4 is 49.5 Å². The number of unbranched alkanes of at least 4 members (excludes halogenated alkanes) is 1. The van der Waals surface area contributed by atoms with E-state index in [9.17, 15) is 0 Å². The van der Waals surface area contributed by atoms with Crippen LogP contribution in [0.25, 0.3) is 10.9 Å². The second kappa shape index (κ2) is 44.3. The predicted octanol–water partition coefficient (Wildman–Crippen LogP) is 10.6. The van der Waals surface area contributed by atoms with Crippen molar-refractivity contribution in [2.45, 2.75) is 124 Å². The molecule has 0 spiro atoms. The zero-order chi connectivity index (χ0) is 57.0. The van der Waals surface area contributed by atoms with E-state index in [4.69, 9.17) is 22.2 Å². The van der Waals surface area contributed by atoms with Gasteiger partial charge in [0.15, 0.2) is 0 Å². The second-order valence-electron chi connectivity index (χ2n) is 18.2. The maximum absolute atomic E-state index is 6.99. The number of imidazole rings is 1. The second-order valence-corrected chi connectivity index (χ2v) is 18.2. The number of nitrogens with one attached hydrogen (secondary N) is 7. The Kier molecular flexibility index (Phi) is 41.3. The van der Waals surface area contributed by atoms with E-state index < -0.39 is 0 Å². The highest BCUT2D eigenvalue weighted by Gasteiger charge is 2.27. The molecule has 0 saturated carbocycles. The summed E-state index contributed by atoms with van der Waals surface area (Å²) in [4.78, 5) is 19.5. The minimum Gasteiger partial charge on any atom is -0.405 e. The molecule has 4 rings (SSSR count). The molecule has 2 aromatic carbocycles. The van der Waals surface area contributed by atoms with Crippen LogP contribution in [0.3, 0.4) is 0 Å². The lowest BCUT2D eigenvalue weighted by atomic mass is 9.87. The Labute approximate surface area is 454 Å². The first kappa shape index (κ1) is 69.9. The van der Waals surface area contributed by atoms with Crippen LogP contribution in [0.15, 0.2) is 182 Å². The van der Waals surface area contributed by atoms with E-state index in [0.29, 0.717) is 12.3 Å². The van der Waals surface area contributed by atoms with Gasteiger partial charge in [-0.25, -0.2) is 4.98 Å². The number of nitrogens with zero attached hydrogens (tertiary/aromatic N) is 3. The van der Waals surface area contributed by atoms with Crippen molar-refractivity contribution in [2.75, 3.05) is 33.7 Å². The summed E-state index contributed by atoms with van der Waals surface area (Å²) < 4.78 is 0. The number of para-hydroxylation sites is 1. The minimum absolute atomic E-state index is 0.0562. The molecule has 0 aliphatic heterocycles. The molecule has 14 nitrogen and oxygen atoms in total. The van der Waals surface area contributed by atoms with Crippen LogP contribution in [0.4, 0.5) is 0 Å². The molecule has 4 aromatic rings. The van der Waals surface area contributed by atoms with Crippen molar-refractivity contribution in [1.82, 2.24) is 41.5 Å². The standard InChI is InChI=1S/C36H50N8.C14H26N2.C4H9N.C3H6.C2H6N2.C2H5N/c1-6-40-27(4)32(21-29-22-41-33-16-11-10-15-31(29)33)34(17-12-18-38-5)44-36(37)35(20-28-13-8-7-9-14-28)43-26(3)25(2)19-30-23-39-24-42-30;1-7-8-9-14(16-12(4)5)13(6)15-10-11(2)3;1-3-4(2)5;1-3-2;1-4-2-3;1-2-3/h7-11,13-16,22-25,32,34-35,38,40-41,43H,3-4,6,12,17-21H2,1-2,5H3,(H2,37,44)(H,39,42);14-16H,2,4,6-10H2,1,3,5H3;2-3,5H2,1H3;3H,1H2,2H3;2H,1H3,(H2,3,4);2H,1,3H2. The highest BCUT2D eigenvalue weighted by molar-refractivity contribution is 5.86. The quantitative estimate of drug-likeness (QED) is 0.0107. The minimum atomic E-state index is -0.206. The molecule has 0 aliphatic rings. The van der Waals surface area contributed by atoms with Gasteiger partial charge in [-0.05, 0) is 110 Å². The normalized spacial score (nSPS) is 12.4. The maximum Gasteiger partial charge on any atom is 0.117 e. The molecule has 75 heavy (non-hydrogen) atoms. The van der Waals surface area contributed by atoms with Crippen LogP contribution in [0.1, 0.15) is 104 Å². The molecule has 14 heteroatoms. The maximum atomic E-state index is 6.99. The number of allylic oxidation sites excluding steroid dienone is 4. The van der Waals surface area contributed by atoms with E-state index in [1.54, 1.807) is 19.5 Å². The van der Waals surface area contributed by atoms with E-state index in [-0.39, 0.29) is 30.0 Å². The number of aliphatic imine (C=N–C) groups is 2. The molecule has 416 valence electrons. The van der Waals surface area contributed by atoms with E-state index in [2.05, 4.69) is 180 Å². The lowest BCUT2D eigenvalue weighted by Crippen LogP contribution is -2.45. The van der Waals surface area contributed by atoms with Gasteiger partial charge in [0.25, 0.3) is 0 Å². The van der Waals surface area contributed by atoms with Crippen molar-refractivity contribution in [1.29, 1.82) is 0 Å². The van der Waals surface area contributed by atoms with Gasteiger partial charge in [0.05, 0.1) is 30.8 Å². The highest BCUT2D eigenvalue weighted by atomic mass is 15.0. The monoisotopic (exact) mass is 1030 g/mol. The number of hydrogen-bond donors (Lipinski definition) is 11. The van der Waals surface area contributed by atoms with Crippen LogP contribution in [0.2, 0.25) is 0 Å². The van der Waals surface area contributed by atoms with Crippen molar-refractivity contribution < 1.29 is 0 Å². The molecule has 5 unspecified atom stereocenters. The average molecular weight is 1030 g/mol. The van der Waals surface area contributed by atoms with E-state index in [1.165, 1.54) is 41.9 Å². The Hall–Kier alpha value is -7.19. The molecular formula is C61H102N14. The summed E-state index contributed by atoms with van der Waals surface area (Å²) in [6, 6.07) is 18.9. The van der Waals surface area contributed by atoms with Crippen molar-refractivity contribution in [3.8, 4) is 0 Å². The van der Waals surface area contributed by atoms with Crippen LogP contribution in [0, 0.1) is 11.8 Å². The van der Waals surface area contributed by atoms with Crippen LogP contribution in [-0.2, 0) is 19.3 Å². The van der Waals surface area contributed by atoms with Gasteiger partial charge in [-0.15, -0.1) is 6.58 Å². The van der Waals surface area contributed by atoms with E-state index in [0.717, 1.165) is 103 Å². The van der Waals surface area contributed by atoms with Crippen molar-refractivity contribution in [3.63, 3.8) is 0 Å². The fourth-order valence-electron chi connectivity index (χ4n) is 7.23. The summed E-state index contributed by atoms with van der Waals surface area (Å²) in [5.74, 6) is 0.826. The molecule has 15 N–H and O–H groups in total. The van der Waals surface area contributed by atoms with Gasteiger partial charge >= 0.3 is 0 Å². The fraction of sp³-hybridized carbons (Fsp3) is 0.426. The number of nitrogens with two attached hydrogens (primary N) is 4. The summed E-state index contributed by atoms with van der Waals surface area (Å²) in [5, 5.41) is 18.4. The number of fused-ring (bicyclic) bond motifs is 1. The lowest BCUT2D eigenvalue weighted by Gasteiger charge is -2.29. The molecule has 2 aromatic heterocycles. The number of aromatic amines is 2. The molecule has 2 heterocycles. The Morgan fingerprint density at radius 2 is 1.41 bits per heavy atom. The first-order valence-corrected chi connectivity index (χ1v) is 26.2. The van der Waals surface area contributed by atoms with Crippen molar-refractivity contribution >= 4 is 23.1 Å². The van der Waals surface area contributed by atoms with Gasteiger partial charge in [0.1, 0.15) is 5.84 Å². The van der Waals surface area contributed by atoms with E-state index in [1.807, 2.05) is 47.0 Å². The lowest BCUT2D eigenvalue weighted by molar-refractivity contribution is 0.420. The Balaban J connectivity index is 0. The zero-order valence-corrected chi connectivity index (χ0v) is 47.8. The highest BCUT2D eigenvalue weighted by Crippen LogP contribution is 2.28. The molecule has 0 bridgehead atoms. The zero-order valence-electron chi connectivity index (χ0n) is 47.8. The Bertz CT molecular complexity index is 2220. The number of benzene rings is 2. The van der Waals surface area contributed by atoms with Crippen LogP contribution >= 0.6 is 0 Å². The Morgan fingerprint density at radius 1 is 0.800 bits per heavy atom. The molecule has 0 fully saturated rings. The average Bonchev–Trinajstić information content (AvgIpc) is 4.07. The largest absolute Gasteiger partial charge is 0.405 e. The SMILES string of the molecule is C=C(C)CNC(=C)C(CCCC)NC(=C)C.C=C(N)CC.C=C(NC(Cc1ccccc1)C(N)=NC(CCCNC)C(Cc1c[nH]c2ccccc12)C(=C)NCC)C(C)Cc1cnc[nH]1.C=CC.C=CN.CN=CN. The van der Waals surface area contributed by atoms with Gasteiger partial charge in [0, 0.05) is 89.4 Å². The Morgan fingerprint density at radius 3 is 1.93 bits per heavy atom. The summed E-state index contributed by atoms with van der Waals surface area (Å²) in [5.41, 5.74) is 31.9. The van der Waals surface area contributed by atoms with Gasteiger partial charge < -0.3 is 59.5 Å². The number of H-pyrrole nitrogens is 2. The molecule has 0 amide bonds. The van der Waals surface area contributed by atoms with Gasteiger partial charge in [-0.3, -0.25) is 9.98 Å². The number of rotatable bonds is 29. The van der Waals surface area contributed by atoms with Gasteiger partial charge in [-0.1, -0.05) is 140 Å². The van der Waals surface area contributed by atoms with Gasteiger partial charge in [-0.2, -0.15) is 0 Å². The summed E-state index contributed by atoms with van der Waals surface area (Å²) in [7, 11) is 3.61. The van der Waals surface area contributed by atoms with Crippen LogP contribution in [-0.4, -0.2) is 79.0 Å². The first-order valence-electron chi connectivity index (χ1n) is 26.2. The molecule has 0 aliphatic carbocycles.